The number of carbonyl (C=O) groups excluding carboxylic acids is 2. The first-order chi connectivity index (χ1) is 4.18. The molecule has 50 valence electrons. The van der Waals surface area contributed by atoms with Crippen LogP contribution in [0, 0.1) is 0 Å². The van der Waals surface area contributed by atoms with Crippen LogP contribution in [0.5, 0.6) is 0 Å². The summed E-state index contributed by atoms with van der Waals surface area (Å²) in [4.78, 5) is 20.8. The predicted molar refractivity (Wildman–Crippen MR) is 33.2 cm³/mol. The average Bonchev–Trinajstić information content (AvgIpc) is 1.59. The van der Waals surface area contributed by atoms with E-state index in [2.05, 4.69) is 4.74 Å². The summed E-state index contributed by atoms with van der Waals surface area (Å²) in [5.41, 5.74) is 0. The molecule has 3 nitrogen and oxygen atoms in total. The number of cyclic esters (lactones) is 2. The van der Waals surface area contributed by atoms with Crippen LogP contribution in [0.4, 0.5) is 4.79 Å². The Hall–Kier alpha value is -0.510. The standard InChI is InChI=1S/C5H6O3S/c1-3-2-4(6)8-5(7)9-3/h3H,2H2,1H3/t3-/m1/s1. The number of carbonyl (C=O) groups is 2. The smallest absolute Gasteiger partial charge is 0.375 e. The highest BCUT2D eigenvalue weighted by molar-refractivity contribution is 8.13. The second-order valence-electron chi connectivity index (χ2n) is 1.86. The first-order valence-electron chi connectivity index (χ1n) is 2.60. The van der Waals surface area contributed by atoms with Crippen molar-refractivity contribution in [1.82, 2.24) is 0 Å². The van der Waals surface area contributed by atoms with Crippen LogP contribution in [-0.2, 0) is 9.53 Å². The number of hydrogen-bond acceptors (Lipinski definition) is 4. The maximum atomic E-state index is 10.4. The molecular weight excluding hydrogens is 140 g/mol. The van der Waals surface area contributed by atoms with Crippen molar-refractivity contribution in [3.8, 4) is 0 Å². The minimum absolute atomic E-state index is 0.0822. The van der Waals surface area contributed by atoms with Gasteiger partial charge >= 0.3 is 11.3 Å². The second-order valence-corrected chi connectivity index (χ2v) is 3.23. The molecule has 0 amide bonds. The van der Waals surface area contributed by atoms with E-state index >= 15 is 0 Å². The topological polar surface area (TPSA) is 43.4 Å². The van der Waals surface area contributed by atoms with Crippen molar-refractivity contribution >= 4 is 23.0 Å². The minimum atomic E-state index is -0.473. The van der Waals surface area contributed by atoms with Gasteiger partial charge in [0.1, 0.15) is 0 Å². The van der Waals surface area contributed by atoms with Gasteiger partial charge in [-0.1, -0.05) is 6.92 Å². The highest BCUT2D eigenvalue weighted by atomic mass is 32.2. The van der Waals surface area contributed by atoms with E-state index < -0.39 is 11.3 Å². The molecule has 0 saturated carbocycles. The maximum Gasteiger partial charge on any atom is 0.375 e. The minimum Gasteiger partial charge on any atom is -0.385 e. The zero-order chi connectivity index (χ0) is 6.85. The maximum absolute atomic E-state index is 10.4. The van der Waals surface area contributed by atoms with E-state index in [1.807, 2.05) is 6.92 Å². The van der Waals surface area contributed by atoms with Crippen LogP contribution < -0.4 is 0 Å². The molecule has 4 heteroatoms. The first-order valence-corrected chi connectivity index (χ1v) is 3.48. The molecule has 0 aromatic heterocycles. The van der Waals surface area contributed by atoms with Gasteiger partial charge in [-0.3, -0.25) is 4.79 Å². The first kappa shape index (κ1) is 6.61. The Morgan fingerprint density at radius 2 is 2.33 bits per heavy atom. The zero-order valence-electron chi connectivity index (χ0n) is 4.92. The summed E-state index contributed by atoms with van der Waals surface area (Å²) in [6.45, 7) is 1.82. The van der Waals surface area contributed by atoms with Crippen molar-refractivity contribution in [3.63, 3.8) is 0 Å². The van der Waals surface area contributed by atoms with Crippen molar-refractivity contribution in [2.45, 2.75) is 18.6 Å². The van der Waals surface area contributed by atoms with Gasteiger partial charge in [-0.2, -0.15) is 0 Å². The Balaban J connectivity index is 2.53. The molecule has 0 aliphatic carbocycles. The fourth-order valence-corrected chi connectivity index (χ4v) is 1.29. The molecule has 0 bridgehead atoms. The van der Waals surface area contributed by atoms with Crippen LogP contribution in [0.3, 0.4) is 0 Å². The fraction of sp³-hybridized carbons (Fsp3) is 0.600. The molecule has 0 aromatic rings. The lowest BCUT2D eigenvalue weighted by Crippen LogP contribution is -2.20. The quantitative estimate of drug-likeness (QED) is 0.380. The van der Waals surface area contributed by atoms with E-state index in [-0.39, 0.29) is 5.25 Å². The number of esters is 1. The summed E-state index contributed by atoms with van der Waals surface area (Å²) in [6, 6.07) is 0. The van der Waals surface area contributed by atoms with Crippen LogP contribution >= 0.6 is 11.8 Å². The summed E-state index contributed by atoms with van der Waals surface area (Å²) >= 11 is 1.06. The van der Waals surface area contributed by atoms with Gasteiger partial charge in [0.05, 0.1) is 6.42 Å². The Morgan fingerprint density at radius 1 is 1.67 bits per heavy atom. The molecule has 0 N–H and O–H groups in total. The molecule has 1 atom stereocenters. The molecule has 1 aliphatic rings. The summed E-state index contributed by atoms with van der Waals surface area (Å²) < 4.78 is 4.24. The molecule has 0 spiro atoms. The van der Waals surface area contributed by atoms with E-state index in [9.17, 15) is 9.59 Å². The predicted octanol–water partition coefficient (Wildman–Crippen LogP) is 1.18. The third kappa shape index (κ3) is 1.71. The van der Waals surface area contributed by atoms with Crippen molar-refractivity contribution in [2.75, 3.05) is 0 Å². The normalized spacial score (nSPS) is 27.9. The van der Waals surface area contributed by atoms with Crippen LogP contribution in [0.1, 0.15) is 13.3 Å². The SMILES string of the molecule is C[C@@H]1CC(=O)OC(=O)S1. The van der Waals surface area contributed by atoms with Gasteiger partial charge in [-0.15, -0.1) is 0 Å². The fourth-order valence-electron chi connectivity index (χ4n) is 0.599. The van der Waals surface area contributed by atoms with E-state index in [1.165, 1.54) is 0 Å². The van der Waals surface area contributed by atoms with Gasteiger partial charge in [-0.05, 0) is 11.8 Å². The van der Waals surface area contributed by atoms with Crippen molar-refractivity contribution in [2.24, 2.45) is 0 Å². The molecule has 1 fully saturated rings. The highest BCUT2D eigenvalue weighted by Gasteiger charge is 2.23. The van der Waals surface area contributed by atoms with Gasteiger partial charge in [-0.25, -0.2) is 4.79 Å². The Bertz CT molecular complexity index is 138. The number of rotatable bonds is 0. The lowest BCUT2D eigenvalue weighted by molar-refractivity contribution is -0.136. The Labute approximate surface area is 56.8 Å². The number of ether oxygens (including phenoxy) is 1. The van der Waals surface area contributed by atoms with Crippen LogP contribution in [0.15, 0.2) is 0 Å². The third-order valence-corrected chi connectivity index (χ3v) is 1.79. The lowest BCUT2D eigenvalue weighted by Gasteiger charge is -2.13. The molecular formula is C5H6O3S. The van der Waals surface area contributed by atoms with Gasteiger partial charge in [0.2, 0.25) is 0 Å². The van der Waals surface area contributed by atoms with Crippen LogP contribution in [-0.4, -0.2) is 16.5 Å². The number of hydrogen-bond donors (Lipinski definition) is 0. The summed E-state index contributed by atoms with van der Waals surface area (Å²) in [5.74, 6) is -0.411. The van der Waals surface area contributed by atoms with Gasteiger partial charge in [0, 0.05) is 5.25 Å². The largest absolute Gasteiger partial charge is 0.385 e. The summed E-state index contributed by atoms with van der Waals surface area (Å²) in [7, 11) is 0. The Kier molecular flexibility index (Phi) is 1.75. The monoisotopic (exact) mass is 146 g/mol. The van der Waals surface area contributed by atoms with Crippen LogP contribution in [0.25, 0.3) is 0 Å². The van der Waals surface area contributed by atoms with Crippen molar-refractivity contribution in [3.05, 3.63) is 0 Å². The molecule has 9 heavy (non-hydrogen) atoms. The molecule has 1 saturated heterocycles. The summed E-state index contributed by atoms with van der Waals surface area (Å²) in [6.07, 6.45) is 0.344. The average molecular weight is 146 g/mol. The molecule has 1 rings (SSSR count). The lowest BCUT2D eigenvalue weighted by atomic mass is 10.3. The molecule has 0 aromatic carbocycles. The molecule has 0 unspecified atom stereocenters. The highest BCUT2D eigenvalue weighted by Crippen LogP contribution is 2.22. The van der Waals surface area contributed by atoms with E-state index in [0.717, 1.165) is 11.8 Å². The van der Waals surface area contributed by atoms with Gasteiger partial charge in [0.15, 0.2) is 0 Å². The van der Waals surface area contributed by atoms with Gasteiger partial charge in [0.25, 0.3) is 0 Å². The molecule has 0 radical (unpaired) electrons. The van der Waals surface area contributed by atoms with Gasteiger partial charge < -0.3 is 4.74 Å². The van der Waals surface area contributed by atoms with E-state index in [4.69, 9.17) is 0 Å². The second kappa shape index (κ2) is 2.39. The van der Waals surface area contributed by atoms with Crippen molar-refractivity contribution in [1.29, 1.82) is 0 Å². The summed E-state index contributed by atoms with van der Waals surface area (Å²) in [5, 5.41) is -0.391. The third-order valence-electron chi connectivity index (χ3n) is 0.949. The molecule has 1 heterocycles. The zero-order valence-corrected chi connectivity index (χ0v) is 5.73. The molecule has 1 aliphatic heterocycles. The van der Waals surface area contributed by atoms with Crippen LogP contribution in [0.2, 0.25) is 0 Å². The Morgan fingerprint density at radius 3 is 2.78 bits per heavy atom. The number of thioether (sulfide) groups is 1. The van der Waals surface area contributed by atoms with E-state index in [1.54, 1.807) is 0 Å². The van der Waals surface area contributed by atoms with Crippen molar-refractivity contribution < 1.29 is 14.3 Å². The van der Waals surface area contributed by atoms with E-state index in [0.29, 0.717) is 6.42 Å².